The average molecular weight is 617 g/mol. The van der Waals surface area contributed by atoms with Crippen LogP contribution in [0.15, 0.2) is 65.6 Å². The van der Waals surface area contributed by atoms with Crippen LogP contribution in [0.1, 0.15) is 38.3 Å². The van der Waals surface area contributed by atoms with Crippen molar-refractivity contribution in [3.8, 4) is 17.2 Å². The molecule has 4 rings (SSSR count). The summed E-state index contributed by atoms with van der Waals surface area (Å²) in [5, 5.41) is 3.46. The molecular formula is C30H33ClN2O8S. The van der Waals surface area contributed by atoms with Gasteiger partial charge >= 0.3 is 5.97 Å². The molecule has 0 bridgehead atoms. The van der Waals surface area contributed by atoms with Crippen molar-refractivity contribution in [1.82, 2.24) is 5.32 Å². The Balaban J connectivity index is 1.92. The van der Waals surface area contributed by atoms with Gasteiger partial charge in [0.25, 0.3) is 15.9 Å². The number of anilines is 1. The summed E-state index contributed by atoms with van der Waals surface area (Å²) in [6, 6.07) is 15.4. The van der Waals surface area contributed by atoms with E-state index in [-0.39, 0.29) is 39.9 Å². The summed E-state index contributed by atoms with van der Waals surface area (Å²) in [5.41, 5.74) is -1.82. The van der Waals surface area contributed by atoms with Crippen molar-refractivity contribution >= 4 is 39.2 Å². The van der Waals surface area contributed by atoms with E-state index in [0.29, 0.717) is 17.1 Å². The van der Waals surface area contributed by atoms with Crippen LogP contribution in [0.3, 0.4) is 0 Å². The van der Waals surface area contributed by atoms with Crippen molar-refractivity contribution in [2.24, 2.45) is 0 Å². The van der Waals surface area contributed by atoms with E-state index in [1.54, 1.807) is 45.0 Å². The number of halogens is 1. The lowest BCUT2D eigenvalue weighted by Gasteiger charge is -2.32. The maximum atomic E-state index is 14.7. The van der Waals surface area contributed by atoms with Crippen molar-refractivity contribution in [2.75, 3.05) is 32.2 Å². The molecule has 0 saturated carbocycles. The van der Waals surface area contributed by atoms with Gasteiger partial charge in [0.1, 0.15) is 27.7 Å². The van der Waals surface area contributed by atoms with Crippen LogP contribution in [-0.2, 0) is 29.9 Å². The molecule has 3 aromatic rings. The van der Waals surface area contributed by atoms with E-state index in [2.05, 4.69) is 5.32 Å². The number of amides is 1. The minimum absolute atomic E-state index is 0.00894. The molecule has 1 amide bonds. The fraction of sp³-hybridized carbons (Fsp3) is 0.333. The number of esters is 1. The molecule has 0 aliphatic carbocycles. The van der Waals surface area contributed by atoms with Crippen LogP contribution in [0.25, 0.3) is 0 Å². The first kappa shape index (κ1) is 31.1. The van der Waals surface area contributed by atoms with Gasteiger partial charge in [-0.05, 0) is 57.2 Å². The number of fused-ring (bicyclic) bond motifs is 1. The van der Waals surface area contributed by atoms with Crippen molar-refractivity contribution in [2.45, 2.75) is 43.2 Å². The van der Waals surface area contributed by atoms with Crippen molar-refractivity contribution in [1.29, 1.82) is 0 Å². The second-order valence-electron chi connectivity index (χ2n) is 10.5. The Morgan fingerprint density at radius 2 is 1.62 bits per heavy atom. The lowest BCUT2D eigenvalue weighted by molar-refractivity contribution is -0.154. The van der Waals surface area contributed by atoms with Gasteiger partial charge in [0, 0.05) is 28.8 Å². The quantitative estimate of drug-likeness (QED) is 0.324. The Bertz CT molecular complexity index is 1620. The molecule has 0 spiro atoms. The van der Waals surface area contributed by atoms with Gasteiger partial charge in [0.2, 0.25) is 0 Å². The molecule has 0 aromatic heterocycles. The summed E-state index contributed by atoms with van der Waals surface area (Å²) in [6.45, 7) is 5.22. The Labute approximate surface area is 250 Å². The molecule has 0 saturated heterocycles. The van der Waals surface area contributed by atoms with E-state index in [1.165, 1.54) is 57.7 Å². The number of para-hydroxylation sites is 1. The summed E-state index contributed by atoms with van der Waals surface area (Å²) >= 11 is 6.43. The first-order valence-electron chi connectivity index (χ1n) is 13.0. The predicted molar refractivity (Wildman–Crippen MR) is 158 cm³/mol. The molecule has 1 heterocycles. The van der Waals surface area contributed by atoms with Gasteiger partial charge in [-0.1, -0.05) is 29.8 Å². The molecule has 1 N–H and O–H groups in total. The lowest BCUT2D eigenvalue weighted by atomic mass is 9.83. The van der Waals surface area contributed by atoms with Gasteiger partial charge in [-0.2, -0.15) is 0 Å². The minimum Gasteiger partial charge on any atom is -0.497 e. The SMILES string of the molecule is COc1ccc(S(=O)(=O)N2C(=O)C(NCCC(=O)OC(C)(C)C)(c3ccccc3OC)c3cc(Cl)ccc32)c(OC)c1. The van der Waals surface area contributed by atoms with E-state index in [1.807, 2.05) is 0 Å². The third-order valence-corrected chi connectivity index (χ3v) is 8.60. The topological polar surface area (TPSA) is 120 Å². The van der Waals surface area contributed by atoms with Crippen LogP contribution in [0.4, 0.5) is 5.69 Å². The predicted octanol–water partition coefficient (Wildman–Crippen LogP) is 4.67. The van der Waals surface area contributed by atoms with Gasteiger partial charge in [-0.15, -0.1) is 0 Å². The van der Waals surface area contributed by atoms with Crippen LogP contribution >= 0.6 is 11.6 Å². The number of benzene rings is 3. The Morgan fingerprint density at radius 1 is 0.929 bits per heavy atom. The van der Waals surface area contributed by atoms with Crippen molar-refractivity contribution in [3.05, 3.63) is 76.8 Å². The molecule has 10 nitrogen and oxygen atoms in total. The Kier molecular flexibility index (Phi) is 8.77. The van der Waals surface area contributed by atoms with Crippen LogP contribution < -0.4 is 23.8 Å². The molecule has 224 valence electrons. The summed E-state index contributed by atoms with van der Waals surface area (Å²) in [5.74, 6) is -0.646. The van der Waals surface area contributed by atoms with Crippen molar-refractivity contribution in [3.63, 3.8) is 0 Å². The molecule has 1 atom stereocenters. The summed E-state index contributed by atoms with van der Waals surface area (Å²) in [7, 11) is -0.345. The second kappa shape index (κ2) is 11.8. The smallest absolute Gasteiger partial charge is 0.307 e. The molecule has 42 heavy (non-hydrogen) atoms. The molecule has 12 heteroatoms. The standard InChI is InChI=1S/C30H33ClN2O8S/c1-29(2,3)41-27(34)15-16-32-30(21-9-7-8-10-24(21)39-5)22-17-19(31)11-13-23(22)33(28(30)35)42(36,37)26-14-12-20(38-4)18-25(26)40-6/h7-14,17-18,32H,15-16H2,1-6H3. The third-order valence-electron chi connectivity index (χ3n) is 6.63. The monoisotopic (exact) mass is 616 g/mol. The first-order chi connectivity index (χ1) is 19.8. The van der Waals surface area contributed by atoms with Crippen LogP contribution in [-0.4, -0.2) is 53.8 Å². The Hall–Kier alpha value is -3.80. The van der Waals surface area contributed by atoms with Gasteiger partial charge in [0.15, 0.2) is 5.54 Å². The zero-order valence-electron chi connectivity index (χ0n) is 24.2. The number of carbonyl (C=O) groups excluding carboxylic acids is 2. The molecule has 1 aliphatic heterocycles. The maximum absolute atomic E-state index is 14.7. The number of hydrogen-bond donors (Lipinski definition) is 1. The van der Waals surface area contributed by atoms with Gasteiger partial charge < -0.3 is 18.9 Å². The number of carbonyl (C=O) groups is 2. The highest BCUT2D eigenvalue weighted by Gasteiger charge is 2.57. The normalized spacial score (nSPS) is 16.6. The minimum atomic E-state index is -4.56. The van der Waals surface area contributed by atoms with E-state index >= 15 is 0 Å². The molecule has 1 aliphatic rings. The number of nitrogens with zero attached hydrogens (tertiary/aromatic N) is 1. The summed E-state index contributed by atoms with van der Waals surface area (Å²) < 4.78 is 51.0. The van der Waals surface area contributed by atoms with Gasteiger partial charge in [-0.3, -0.25) is 14.9 Å². The van der Waals surface area contributed by atoms with E-state index in [9.17, 15) is 18.0 Å². The summed E-state index contributed by atoms with van der Waals surface area (Å²) in [6.07, 6.45) is -0.101. The number of ether oxygens (including phenoxy) is 4. The largest absolute Gasteiger partial charge is 0.497 e. The van der Waals surface area contributed by atoms with Crippen molar-refractivity contribution < 1.29 is 37.0 Å². The molecule has 0 fully saturated rings. The Morgan fingerprint density at radius 3 is 2.26 bits per heavy atom. The average Bonchev–Trinajstić information content (AvgIpc) is 3.19. The van der Waals surface area contributed by atoms with E-state index in [4.69, 9.17) is 30.5 Å². The summed E-state index contributed by atoms with van der Waals surface area (Å²) in [4.78, 5) is 27.1. The van der Waals surface area contributed by atoms with E-state index in [0.717, 1.165) is 4.31 Å². The first-order valence-corrected chi connectivity index (χ1v) is 14.8. The fourth-order valence-electron chi connectivity index (χ4n) is 4.91. The molecule has 3 aromatic carbocycles. The lowest BCUT2D eigenvalue weighted by Crippen LogP contribution is -2.53. The second-order valence-corrected chi connectivity index (χ2v) is 12.7. The fourth-order valence-corrected chi connectivity index (χ4v) is 6.69. The van der Waals surface area contributed by atoms with Crippen LogP contribution in [0.5, 0.6) is 17.2 Å². The van der Waals surface area contributed by atoms with Gasteiger partial charge in [-0.25, -0.2) is 12.7 Å². The maximum Gasteiger partial charge on any atom is 0.307 e. The van der Waals surface area contributed by atoms with Crippen LogP contribution in [0, 0.1) is 0 Å². The number of hydrogen-bond acceptors (Lipinski definition) is 9. The third kappa shape index (κ3) is 5.64. The highest BCUT2D eigenvalue weighted by molar-refractivity contribution is 7.93. The highest BCUT2D eigenvalue weighted by Crippen LogP contribution is 2.50. The number of sulfonamides is 1. The number of methoxy groups -OCH3 is 3. The van der Waals surface area contributed by atoms with Crippen LogP contribution in [0.2, 0.25) is 5.02 Å². The molecule has 0 radical (unpaired) electrons. The zero-order chi connectivity index (χ0) is 30.9. The van der Waals surface area contributed by atoms with E-state index < -0.39 is 33.0 Å². The number of nitrogens with one attached hydrogen (secondary N) is 1. The molecule has 1 unspecified atom stereocenters. The zero-order valence-corrected chi connectivity index (χ0v) is 25.8. The highest BCUT2D eigenvalue weighted by atomic mass is 35.5. The van der Waals surface area contributed by atoms with Gasteiger partial charge in [0.05, 0.1) is 33.4 Å². The number of rotatable bonds is 10. The molecular weight excluding hydrogens is 584 g/mol.